The molecule has 3 heteroatoms. The van der Waals surface area contributed by atoms with Gasteiger partial charge in [-0.25, -0.2) is 0 Å². The zero-order valence-corrected chi connectivity index (χ0v) is 12.3. The number of nitrogen functional groups attached to an aromatic ring is 1. The average Bonchev–Trinajstić information content (AvgIpc) is 2.90. The Morgan fingerprint density at radius 2 is 1.76 bits per heavy atom. The van der Waals surface area contributed by atoms with E-state index in [9.17, 15) is 0 Å². The van der Waals surface area contributed by atoms with Gasteiger partial charge in [0, 0.05) is 11.8 Å². The van der Waals surface area contributed by atoms with Crippen LogP contribution in [0.3, 0.4) is 0 Å². The third kappa shape index (κ3) is 3.13. The molecule has 2 N–H and O–H groups in total. The van der Waals surface area contributed by atoms with Gasteiger partial charge in [-0.2, -0.15) is 0 Å². The summed E-state index contributed by atoms with van der Waals surface area (Å²) in [5.41, 5.74) is 9.47. The molecular formula is C18H21NO2. The van der Waals surface area contributed by atoms with Crippen LogP contribution in [-0.2, 0) is 12.8 Å². The molecule has 0 unspecified atom stereocenters. The van der Waals surface area contributed by atoms with Crippen LogP contribution in [0.2, 0.25) is 0 Å². The molecule has 3 rings (SSSR count). The molecule has 21 heavy (non-hydrogen) atoms. The Kier molecular flexibility index (Phi) is 4.00. The largest absolute Gasteiger partial charge is 0.493 e. The lowest BCUT2D eigenvalue weighted by atomic mass is 10.0. The van der Waals surface area contributed by atoms with Crippen LogP contribution in [-0.4, -0.2) is 13.7 Å². The summed E-state index contributed by atoms with van der Waals surface area (Å²) in [5, 5.41) is 0. The van der Waals surface area contributed by atoms with E-state index in [1.165, 1.54) is 11.1 Å². The van der Waals surface area contributed by atoms with E-state index in [0.717, 1.165) is 30.8 Å². The van der Waals surface area contributed by atoms with Crippen LogP contribution in [0.5, 0.6) is 11.5 Å². The second-order valence-electron chi connectivity index (χ2n) is 5.59. The van der Waals surface area contributed by atoms with Crippen molar-refractivity contribution in [1.29, 1.82) is 0 Å². The maximum absolute atomic E-state index is 5.86. The van der Waals surface area contributed by atoms with E-state index in [2.05, 4.69) is 24.3 Å². The van der Waals surface area contributed by atoms with Gasteiger partial charge in [-0.15, -0.1) is 0 Å². The molecule has 0 saturated heterocycles. The van der Waals surface area contributed by atoms with Crippen LogP contribution < -0.4 is 15.2 Å². The second-order valence-corrected chi connectivity index (χ2v) is 5.59. The van der Waals surface area contributed by atoms with Crippen LogP contribution in [0.4, 0.5) is 5.69 Å². The number of hydrogen-bond donors (Lipinski definition) is 1. The summed E-state index contributed by atoms with van der Waals surface area (Å²) in [6.45, 7) is 0.693. The zero-order chi connectivity index (χ0) is 14.7. The molecule has 0 saturated carbocycles. The summed E-state index contributed by atoms with van der Waals surface area (Å²) in [5.74, 6) is 2.14. The first kappa shape index (κ1) is 13.8. The maximum atomic E-state index is 5.86. The van der Waals surface area contributed by atoms with Crippen LogP contribution in [0.25, 0.3) is 0 Å². The zero-order valence-electron chi connectivity index (χ0n) is 12.3. The lowest BCUT2D eigenvalue weighted by Gasteiger charge is -2.13. The molecule has 0 aromatic heterocycles. The van der Waals surface area contributed by atoms with Gasteiger partial charge in [0.1, 0.15) is 0 Å². The Labute approximate surface area is 125 Å². The van der Waals surface area contributed by atoms with Crippen molar-refractivity contribution in [1.82, 2.24) is 0 Å². The highest BCUT2D eigenvalue weighted by molar-refractivity contribution is 5.51. The molecule has 2 aromatic carbocycles. The number of nitrogens with two attached hydrogens (primary N) is 1. The number of hydrogen-bond acceptors (Lipinski definition) is 3. The predicted octanol–water partition coefficient (Wildman–Crippen LogP) is 3.46. The lowest BCUT2D eigenvalue weighted by molar-refractivity contribution is 0.266. The van der Waals surface area contributed by atoms with E-state index in [-0.39, 0.29) is 0 Å². The molecule has 110 valence electrons. The molecule has 0 aliphatic heterocycles. The van der Waals surface area contributed by atoms with Crippen molar-refractivity contribution in [2.75, 3.05) is 19.5 Å². The SMILES string of the molecule is COc1ccc(N)cc1OCCC1Cc2ccccc2C1. The van der Waals surface area contributed by atoms with Gasteiger partial charge in [-0.1, -0.05) is 24.3 Å². The van der Waals surface area contributed by atoms with Crippen molar-refractivity contribution in [3.05, 3.63) is 53.6 Å². The fourth-order valence-electron chi connectivity index (χ4n) is 3.00. The Morgan fingerprint density at radius 3 is 2.43 bits per heavy atom. The molecule has 0 spiro atoms. The first-order valence-corrected chi connectivity index (χ1v) is 7.39. The van der Waals surface area contributed by atoms with Gasteiger partial charge < -0.3 is 15.2 Å². The van der Waals surface area contributed by atoms with Gasteiger partial charge in [-0.05, 0) is 48.4 Å². The Bertz CT molecular complexity index is 599. The van der Waals surface area contributed by atoms with Crippen LogP contribution in [0.15, 0.2) is 42.5 Å². The van der Waals surface area contributed by atoms with E-state index in [1.807, 2.05) is 18.2 Å². The van der Waals surface area contributed by atoms with E-state index in [4.69, 9.17) is 15.2 Å². The van der Waals surface area contributed by atoms with Gasteiger partial charge in [-0.3, -0.25) is 0 Å². The Hall–Kier alpha value is -2.16. The number of ether oxygens (including phenoxy) is 2. The minimum Gasteiger partial charge on any atom is -0.493 e. The van der Waals surface area contributed by atoms with Crippen molar-refractivity contribution in [3.63, 3.8) is 0 Å². The Morgan fingerprint density at radius 1 is 1.05 bits per heavy atom. The van der Waals surface area contributed by atoms with E-state index in [0.29, 0.717) is 18.2 Å². The molecule has 1 aliphatic carbocycles. The van der Waals surface area contributed by atoms with E-state index < -0.39 is 0 Å². The quantitative estimate of drug-likeness (QED) is 0.855. The van der Waals surface area contributed by atoms with E-state index >= 15 is 0 Å². The Balaban J connectivity index is 1.55. The summed E-state index contributed by atoms with van der Waals surface area (Å²) < 4.78 is 11.2. The number of benzene rings is 2. The van der Waals surface area contributed by atoms with Crippen LogP contribution in [0.1, 0.15) is 17.5 Å². The van der Waals surface area contributed by atoms with Crippen molar-refractivity contribution in [2.45, 2.75) is 19.3 Å². The van der Waals surface area contributed by atoms with Crippen LogP contribution >= 0.6 is 0 Å². The van der Waals surface area contributed by atoms with Gasteiger partial charge in [0.15, 0.2) is 11.5 Å². The summed E-state index contributed by atoms with van der Waals surface area (Å²) in [4.78, 5) is 0. The van der Waals surface area contributed by atoms with E-state index in [1.54, 1.807) is 7.11 Å². The average molecular weight is 283 g/mol. The molecule has 0 amide bonds. The number of rotatable bonds is 5. The lowest BCUT2D eigenvalue weighted by Crippen LogP contribution is -2.08. The highest BCUT2D eigenvalue weighted by Crippen LogP contribution is 2.31. The molecule has 0 atom stereocenters. The predicted molar refractivity (Wildman–Crippen MR) is 84.9 cm³/mol. The third-order valence-electron chi connectivity index (χ3n) is 4.11. The topological polar surface area (TPSA) is 44.5 Å². The van der Waals surface area contributed by atoms with Crippen LogP contribution in [0, 0.1) is 5.92 Å². The summed E-state index contributed by atoms with van der Waals surface area (Å²) in [6, 6.07) is 14.2. The number of anilines is 1. The molecule has 0 heterocycles. The standard InChI is InChI=1S/C18H21NO2/c1-20-17-7-6-16(19)12-18(17)21-9-8-13-10-14-4-2-3-5-15(14)11-13/h2-7,12-13H,8-11,19H2,1H3. The molecule has 0 fully saturated rings. The first-order chi connectivity index (χ1) is 10.3. The summed E-state index contributed by atoms with van der Waals surface area (Å²) >= 11 is 0. The molecule has 0 bridgehead atoms. The molecule has 2 aromatic rings. The molecule has 3 nitrogen and oxygen atoms in total. The molecule has 0 radical (unpaired) electrons. The first-order valence-electron chi connectivity index (χ1n) is 7.39. The summed E-state index contributed by atoms with van der Waals surface area (Å²) in [7, 11) is 1.64. The van der Waals surface area contributed by atoms with Crippen molar-refractivity contribution < 1.29 is 9.47 Å². The minimum atomic E-state index is 0.675. The minimum absolute atomic E-state index is 0.675. The smallest absolute Gasteiger partial charge is 0.163 e. The normalized spacial score (nSPS) is 14.0. The van der Waals surface area contributed by atoms with Crippen molar-refractivity contribution >= 4 is 5.69 Å². The highest BCUT2D eigenvalue weighted by Gasteiger charge is 2.20. The fourth-order valence-corrected chi connectivity index (χ4v) is 3.00. The monoisotopic (exact) mass is 283 g/mol. The number of methoxy groups -OCH3 is 1. The van der Waals surface area contributed by atoms with Gasteiger partial charge in [0.05, 0.1) is 13.7 Å². The fraction of sp³-hybridized carbons (Fsp3) is 0.333. The van der Waals surface area contributed by atoms with Gasteiger partial charge in [0.25, 0.3) is 0 Å². The third-order valence-corrected chi connectivity index (χ3v) is 4.11. The molecular weight excluding hydrogens is 262 g/mol. The maximum Gasteiger partial charge on any atom is 0.163 e. The second kappa shape index (κ2) is 6.08. The number of fused-ring (bicyclic) bond motifs is 1. The van der Waals surface area contributed by atoms with Crippen molar-refractivity contribution in [3.8, 4) is 11.5 Å². The van der Waals surface area contributed by atoms with Gasteiger partial charge >= 0.3 is 0 Å². The molecule has 1 aliphatic rings. The summed E-state index contributed by atoms with van der Waals surface area (Å²) in [6.07, 6.45) is 3.37. The van der Waals surface area contributed by atoms with Crippen molar-refractivity contribution in [2.24, 2.45) is 5.92 Å². The highest BCUT2D eigenvalue weighted by atomic mass is 16.5. The van der Waals surface area contributed by atoms with Gasteiger partial charge in [0.2, 0.25) is 0 Å².